The Balaban J connectivity index is 3.97. The summed E-state index contributed by atoms with van der Waals surface area (Å²) in [4.78, 5) is -1.99. The van der Waals surface area contributed by atoms with E-state index in [1.807, 2.05) is 0 Å². The monoisotopic (exact) mass is 171 g/mol. The first-order chi connectivity index (χ1) is 3.50. The van der Waals surface area contributed by atoms with Gasteiger partial charge >= 0.3 is 0 Å². The molecule has 0 saturated carbocycles. The van der Waals surface area contributed by atoms with E-state index in [0.29, 0.717) is 0 Å². The zero-order chi connectivity index (χ0) is 6.78. The lowest BCUT2D eigenvalue weighted by molar-refractivity contribution is 0.863. The Bertz CT molecular complexity index is 113. The van der Waals surface area contributed by atoms with Crippen LogP contribution in [0.15, 0.2) is 0 Å². The van der Waals surface area contributed by atoms with Crippen LogP contribution < -0.4 is 0 Å². The highest BCUT2D eigenvalue weighted by atomic mass is 35.5. The molecule has 0 aliphatic carbocycles. The molecule has 0 heterocycles. The van der Waals surface area contributed by atoms with Crippen LogP contribution in [0, 0.1) is 11.3 Å². The van der Waals surface area contributed by atoms with Gasteiger partial charge in [-0.05, 0) is 6.92 Å². The quantitative estimate of drug-likeness (QED) is 0.557. The lowest BCUT2D eigenvalue weighted by Gasteiger charge is -2.11. The molecule has 0 bridgehead atoms. The second-order valence-electron chi connectivity index (χ2n) is 1.49. The summed E-state index contributed by atoms with van der Waals surface area (Å²) in [5.74, 6) is 0. The maximum Gasteiger partial charge on any atom is 0.158 e. The van der Waals surface area contributed by atoms with Gasteiger partial charge in [0.2, 0.25) is 0 Å². The van der Waals surface area contributed by atoms with Crippen molar-refractivity contribution in [1.82, 2.24) is 0 Å². The van der Waals surface area contributed by atoms with Gasteiger partial charge in [0.15, 0.2) is 4.87 Å². The Kier molecular flexibility index (Phi) is 2.90. The minimum absolute atomic E-state index is 0.839. The van der Waals surface area contributed by atoms with Gasteiger partial charge in [0, 0.05) is 0 Å². The van der Waals surface area contributed by atoms with Gasteiger partial charge in [-0.3, -0.25) is 0 Å². The van der Waals surface area contributed by atoms with Gasteiger partial charge in [0.05, 0.1) is 6.07 Å². The summed E-state index contributed by atoms with van der Waals surface area (Å²) in [5.41, 5.74) is 0. The fraction of sp³-hybridized carbons (Fsp3) is 0.750. The first-order valence-corrected chi connectivity index (χ1v) is 3.14. The van der Waals surface area contributed by atoms with Crippen molar-refractivity contribution in [3.63, 3.8) is 0 Å². The fourth-order valence-electron chi connectivity index (χ4n) is 0.0488. The number of halogens is 3. The summed E-state index contributed by atoms with van der Waals surface area (Å²) in [6, 6.07) is 1.74. The number of alkyl halides is 3. The predicted molar refractivity (Wildman–Crippen MR) is 35.4 cm³/mol. The van der Waals surface area contributed by atoms with Crippen LogP contribution in [0.2, 0.25) is 0 Å². The standard InChI is InChI=1S/C4H4Cl3N/c1-4(7,2-8)3(5)6/h3H,1H3/t4-/m0/s1. The van der Waals surface area contributed by atoms with Crippen LogP contribution in [0.25, 0.3) is 0 Å². The molecule has 1 nitrogen and oxygen atoms in total. The molecule has 0 radical (unpaired) electrons. The molecule has 4 heteroatoms. The third kappa shape index (κ3) is 2.09. The molecule has 8 heavy (non-hydrogen) atoms. The SMILES string of the molecule is C[C@](Cl)(C#N)C(Cl)Cl. The van der Waals surface area contributed by atoms with Crippen LogP contribution in [0.3, 0.4) is 0 Å². The van der Waals surface area contributed by atoms with Gasteiger partial charge in [0.25, 0.3) is 0 Å². The number of rotatable bonds is 1. The molecule has 0 aromatic heterocycles. The van der Waals surface area contributed by atoms with Crippen molar-refractivity contribution in [3.05, 3.63) is 0 Å². The normalized spacial score (nSPS) is 17.5. The van der Waals surface area contributed by atoms with E-state index in [9.17, 15) is 0 Å². The van der Waals surface area contributed by atoms with Gasteiger partial charge in [-0.25, -0.2) is 0 Å². The van der Waals surface area contributed by atoms with Crippen LogP contribution in [-0.2, 0) is 0 Å². The topological polar surface area (TPSA) is 23.8 Å². The lowest BCUT2D eigenvalue weighted by Crippen LogP contribution is -2.21. The zero-order valence-electron chi connectivity index (χ0n) is 4.16. The van der Waals surface area contributed by atoms with E-state index in [0.717, 1.165) is 0 Å². The van der Waals surface area contributed by atoms with E-state index < -0.39 is 9.71 Å². The molecule has 0 aromatic carbocycles. The molecule has 0 saturated heterocycles. The maximum absolute atomic E-state index is 8.21. The van der Waals surface area contributed by atoms with Crippen molar-refractivity contribution in [2.75, 3.05) is 0 Å². The highest BCUT2D eigenvalue weighted by Gasteiger charge is 2.28. The Morgan fingerprint density at radius 3 is 2.00 bits per heavy atom. The van der Waals surface area contributed by atoms with Crippen molar-refractivity contribution in [2.45, 2.75) is 16.6 Å². The minimum Gasteiger partial charge on any atom is -0.196 e. The minimum atomic E-state index is -1.15. The molecule has 0 spiro atoms. The van der Waals surface area contributed by atoms with Crippen LogP contribution in [0.1, 0.15) is 6.92 Å². The molecular weight excluding hydrogens is 168 g/mol. The molecule has 0 fully saturated rings. The van der Waals surface area contributed by atoms with Crippen molar-refractivity contribution in [1.29, 1.82) is 5.26 Å². The molecule has 0 amide bonds. The van der Waals surface area contributed by atoms with E-state index in [1.165, 1.54) is 6.92 Å². The Morgan fingerprint density at radius 2 is 2.00 bits per heavy atom. The van der Waals surface area contributed by atoms with Gasteiger partial charge in [-0.15, -0.1) is 34.8 Å². The van der Waals surface area contributed by atoms with Gasteiger partial charge in [-0.1, -0.05) is 0 Å². The van der Waals surface area contributed by atoms with Crippen LogP contribution in [-0.4, -0.2) is 9.71 Å². The molecule has 46 valence electrons. The van der Waals surface area contributed by atoms with Crippen molar-refractivity contribution < 1.29 is 0 Å². The van der Waals surface area contributed by atoms with Gasteiger partial charge < -0.3 is 0 Å². The summed E-state index contributed by atoms with van der Waals surface area (Å²) in [6.45, 7) is 1.46. The summed E-state index contributed by atoms with van der Waals surface area (Å²) in [7, 11) is 0. The predicted octanol–water partition coefficient (Wildman–Crippen LogP) is 2.31. The summed E-state index contributed by atoms with van der Waals surface area (Å²) in [5, 5.41) is 8.21. The third-order valence-electron chi connectivity index (χ3n) is 0.628. The van der Waals surface area contributed by atoms with Crippen molar-refractivity contribution in [2.24, 2.45) is 0 Å². The van der Waals surface area contributed by atoms with E-state index in [2.05, 4.69) is 0 Å². The van der Waals surface area contributed by atoms with Crippen molar-refractivity contribution in [3.8, 4) is 6.07 Å². The molecule has 0 N–H and O–H groups in total. The zero-order valence-corrected chi connectivity index (χ0v) is 6.43. The Morgan fingerprint density at radius 1 is 1.62 bits per heavy atom. The Labute approximate surface area is 63.1 Å². The second-order valence-corrected chi connectivity index (χ2v) is 3.37. The van der Waals surface area contributed by atoms with Crippen LogP contribution in [0.4, 0.5) is 0 Å². The molecule has 1 atom stereocenters. The van der Waals surface area contributed by atoms with E-state index >= 15 is 0 Å². The smallest absolute Gasteiger partial charge is 0.158 e. The highest BCUT2D eigenvalue weighted by molar-refractivity contribution is 6.50. The maximum atomic E-state index is 8.21. The summed E-state index contributed by atoms with van der Waals surface area (Å²) in [6.07, 6.45) is 0. The van der Waals surface area contributed by atoms with Gasteiger partial charge in [-0.2, -0.15) is 5.26 Å². The van der Waals surface area contributed by atoms with Crippen LogP contribution >= 0.6 is 34.8 Å². The first kappa shape index (κ1) is 8.36. The number of nitrogens with zero attached hydrogens (tertiary/aromatic N) is 1. The largest absolute Gasteiger partial charge is 0.196 e. The van der Waals surface area contributed by atoms with E-state index in [-0.39, 0.29) is 0 Å². The number of hydrogen-bond acceptors (Lipinski definition) is 1. The average molecular weight is 172 g/mol. The summed E-state index contributed by atoms with van der Waals surface area (Å²) < 4.78 is 0. The lowest BCUT2D eigenvalue weighted by atomic mass is 10.2. The first-order valence-electron chi connectivity index (χ1n) is 1.89. The summed E-state index contributed by atoms with van der Waals surface area (Å²) >= 11 is 16.0. The average Bonchev–Trinajstić information content (AvgIpc) is 1.67. The number of hydrogen-bond donors (Lipinski definition) is 0. The number of nitriles is 1. The fourth-order valence-corrected chi connectivity index (χ4v) is 0.146. The van der Waals surface area contributed by atoms with Gasteiger partial charge in [0.1, 0.15) is 4.84 Å². The van der Waals surface area contributed by atoms with E-state index in [1.54, 1.807) is 6.07 Å². The highest BCUT2D eigenvalue weighted by Crippen LogP contribution is 2.25. The third-order valence-corrected chi connectivity index (χ3v) is 2.03. The molecular formula is C4H4Cl3N. The second kappa shape index (κ2) is 2.77. The van der Waals surface area contributed by atoms with Crippen LogP contribution in [0.5, 0.6) is 0 Å². The molecule has 0 unspecified atom stereocenters. The van der Waals surface area contributed by atoms with Crippen molar-refractivity contribution >= 4 is 34.8 Å². The molecule has 0 rings (SSSR count). The molecule has 0 aliphatic rings. The molecule has 0 aromatic rings. The van der Waals surface area contributed by atoms with E-state index in [4.69, 9.17) is 40.1 Å². The molecule has 0 aliphatic heterocycles. The Hall–Kier alpha value is 0.360.